The minimum absolute atomic E-state index is 0.0632. The number of allylic oxidation sites excluding steroid dienone is 3. The number of hydrogen-bond donors (Lipinski definition) is 2. The van der Waals surface area contributed by atoms with Gasteiger partial charge in [-0.3, -0.25) is 19.3 Å². The molecule has 1 unspecified atom stereocenters. The van der Waals surface area contributed by atoms with Crippen LogP contribution in [0.2, 0.25) is 0 Å². The van der Waals surface area contributed by atoms with Gasteiger partial charge in [-0.15, -0.1) is 11.3 Å². The zero-order valence-corrected chi connectivity index (χ0v) is 23.5. The molecule has 208 valence electrons. The van der Waals surface area contributed by atoms with E-state index in [0.29, 0.717) is 26.2 Å². The number of methoxy groups -OCH3 is 1. The number of carbonyl (C=O) groups excluding carboxylic acids is 3. The molecule has 38 heavy (non-hydrogen) atoms. The first-order valence-electron chi connectivity index (χ1n) is 12.9. The van der Waals surface area contributed by atoms with Crippen LogP contribution in [0.25, 0.3) is 5.57 Å². The quantitative estimate of drug-likeness (QED) is 0.402. The number of aromatic nitrogens is 1. The molecule has 2 aliphatic rings. The lowest BCUT2D eigenvalue weighted by atomic mass is 10.1. The number of aliphatic hydroxyl groups excluding tert-OH is 1. The van der Waals surface area contributed by atoms with Crippen molar-refractivity contribution < 1.29 is 24.2 Å². The Hall–Kier alpha value is -2.86. The molecule has 2 fully saturated rings. The highest BCUT2D eigenvalue weighted by atomic mass is 32.1. The summed E-state index contributed by atoms with van der Waals surface area (Å²) in [4.78, 5) is 49.5. The third-order valence-electron chi connectivity index (χ3n) is 7.01. The summed E-state index contributed by atoms with van der Waals surface area (Å²) in [5, 5.41) is 13.2. The predicted molar refractivity (Wildman–Crippen MR) is 147 cm³/mol. The van der Waals surface area contributed by atoms with Gasteiger partial charge >= 0.3 is 0 Å². The fraction of sp³-hybridized carbons (Fsp3) is 0.556. The van der Waals surface area contributed by atoms with Crippen LogP contribution in [-0.4, -0.2) is 114 Å². The summed E-state index contributed by atoms with van der Waals surface area (Å²) in [6.07, 6.45) is 5.05. The number of aryl methyl sites for hydroxylation is 1. The molecule has 2 saturated heterocycles. The number of thiazole rings is 1. The van der Waals surface area contributed by atoms with E-state index in [1.54, 1.807) is 24.4 Å². The van der Waals surface area contributed by atoms with Gasteiger partial charge in [-0.05, 0) is 31.9 Å². The summed E-state index contributed by atoms with van der Waals surface area (Å²) < 4.78 is 5.09. The fourth-order valence-electron chi connectivity index (χ4n) is 4.69. The zero-order chi connectivity index (χ0) is 27.8. The fourth-order valence-corrected chi connectivity index (χ4v) is 5.45. The Morgan fingerprint density at radius 3 is 2.76 bits per heavy atom. The van der Waals surface area contributed by atoms with Crippen molar-refractivity contribution in [3.8, 4) is 0 Å². The van der Waals surface area contributed by atoms with E-state index in [9.17, 15) is 19.5 Å². The minimum Gasteiger partial charge on any atom is -0.391 e. The topological polar surface area (TPSA) is 115 Å². The highest BCUT2D eigenvalue weighted by Gasteiger charge is 2.42. The van der Waals surface area contributed by atoms with E-state index < -0.39 is 18.2 Å². The van der Waals surface area contributed by atoms with Gasteiger partial charge in [0.15, 0.2) is 0 Å². The summed E-state index contributed by atoms with van der Waals surface area (Å²) in [5.74, 6) is -0.793. The summed E-state index contributed by atoms with van der Waals surface area (Å²) in [5.41, 5.74) is 4.43. The highest BCUT2D eigenvalue weighted by molar-refractivity contribution is 7.11. The lowest BCUT2D eigenvalue weighted by molar-refractivity contribution is -0.150. The van der Waals surface area contributed by atoms with Crippen LogP contribution in [0.3, 0.4) is 0 Å². The normalized spacial score (nSPS) is 21.8. The van der Waals surface area contributed by atoms with Crippen LogP contribution in [-0.2, 0) is 19.1 Å². The standard InChI is InChI=1S/C27H39N5O5S/c1-6-21(8-7-18(2)25-19(3)29-17-38-25)14-28-26(35)23-13-22(33)15-32(23)27(36)20(4)31-10-9-30(11-12-37-5)16-24(31)34/h6-8,17,20,22-23,33H,2,9-16H2,1,3-5H3,(H,28,35)/b8-7-,21-6+/t20?,22-,23+/m1/s1. The van der Waals surface area contributed by atoms with Crippen molar-refractivity contribution in [1.82, 2.24) is 25.0 Å². The molecule has 3 atom stereocenters. The minimum atomic E-state index is -0.796. The molecule has 0 radical (unpaired) electrons. The highest BCUT2D eigenvalue weighted by Crippen LogP contribution is 2.23. The van der Waals surface area contributed by atoms with Crippen molar-refractivity contribution >= 4 is 34.6 Å². The van der Waals surface area contributed by atoms with Crippen molar-refractivity contribution in [2.75, 3.05) is 53.0 Å². The number of hydrogen-bond acceptors (Lipinski definition) is 8. The van der Waals surface area contributed by atoms with Crippen LogP contribution in [0.4, 0.5) is 0 Å². The Bertz CT molecular complexity index is 1080. The van der Waals surface area contributed by atoms with Crippen LogP contribution < -0.4 is 5.32 Å². The molecule has 1 aromatic heterocycles. The van der Waals surface area contributed by atoms with Crippen molar-refractivity contribution in [3.05, 3.63) is 46.5 Å². The molecule has 3 heterocycles. The lowest BCUT2D eigenvalue weighted by Crippen LogP contribution is -2.59. The number of aliphatic hydroxyl groups is 1. The summed E-state index contributed by atoms with van der Waals surface area (Å²) >= 11 is 1.53. The first-order chi connectivity index (χ1) is 18.2. The number of ether oxygens (including phenoxy) is 1. The van der Waals surface area contributed by atoms with Crippen molar-refractivity contribution in [2.24, 2.45) is 0 Å². The monoisotopic (exact) mass is 545 g/mol. The van der Waals surface area contributed by atoms with E-state index in [-0.39, 0.29) is 43.8 Å². The Morgan fingerprint density at radius 1 is 1.37 bits per heavy atom. The van der Waals surface area contributed by atoms with E-state index in [4.69, 9.17) is 4.74 Å². The number of rotatable bonds is 11. The third-order valence-corrected chi connectivity index (χ3v) is 8.02. The average Bonchev–Trinajstić information content (AvgIpc) is 3.51. The largest absolute Gasteiger partial charge is 0.391 e. The van der Waals surface area contributed by atoms with Crippen LogP contribution in [0.15, 0.2) is 35.9 Å². The molecule has 1 aromatic rings. The molecule has 0 saturated carbocycles. The third kappa shape index (κ3) is 7.37. The molecule has 2 N–H and O–H groups in total. The van der Waals surface area contributed by atoms with Gasteiger partial charge in [-0.2, -0.15) is 0 Å². The molecule has 11 heteroatoms. The van der Waals surface area contributed by atoms with E-state index in [1.165, 1.54) is 16.2 Å². The van der Waals surface area contributed by atoms with Gasteiger partial charge in [0.25, 0.3) is 0 Å². The molecular weight excluding hydrogens is 506 g/mol. The maximum atomic E-state index is 13.4. The Kier molecular flexibility index (Phi) is 10.8. The molecule has 0 spiro atoms. The second-order valence-corrected chi connectivity index (χ2v) is 10.5. The van der Waals surface area contributed by atoms with Gasteiger partial charge in [-0.1, -0.05) is 24.8 Å². The second kappa shape index (κ2) is 13.8. The van der Waals surface area contributed by atoms with Crippen molar-refractivity contribution in [1.29, 1.82) is 0 Å². The second-order valence-electron chi connectivity index (χ2n) is 9.63. The Labute approximate surface area is 228 Å². The first-order valence-corrected chi connectivity index (χ1v) is 13.7. The zero-order valence-electron chi connectivity index (χ0n) is 22.7. The number of carbonyl (C=O) groups is 3. The van der Waals surface area contributed by atoms with Gasteiger partial charge in [0.1, 0.15) is 12.1 Å². The summed E-state index contributed by atoms with van der Waals surface area (Å²) in [6.45, 7) is 12.4. The van der Waals surface area contributed by atoms with Gasteiger partial charge in [0.2, 0.25) is 17.7 Å². The number of likely N-dealkylation sites (tertiary alicyclic amines) is 1. The SMILES string of the molecule is C=C(/C=C\C(=C/C)CNC(=O)[C@@H]1C[C@@H](O)CN1C(=O)C(C)N1CCN(CCOC)CC1=O)c1scnc1C. The van der Waals surface area contributed by atoms with E-state index in [0.717, 1.165) is 21.7 Å². The Balaban J connectivity index is 1.58. The number of piperazine rings is 1. The molecule has 10 nitrogen and oxygen atoms in total. The maximum Gasteiger partial charge on any atom is 0.245 e. The molecule has 0 aliphatic carbocycles. The van der Waals surface area contributed by atoms with Crippen LogP contribution >= 0.6 is 11.3 Å². The van der Waals surface area contributed by atoms with Crippen LogP contribution in [0, 0.1) is 6.92 Å². The molecule has 0 aromatic carbocycles. The number of nitrogens with zero attached hydrogens (tertiary/aromatic N) is 4. The molecule has 0 bridgehead atoms. The van der Waals surface area contributed by atoms with Gasteiger partial charge in [-0.25, -0.2) is 4.98 Å². The van der Waals surface area contributed by atoms with Gasteiger partial charge in [0.05, 0.1) is 35.3 Å². The maximum absolute atomic E-state index is 13.4. The van der Waals surface area contributed by atoms with Crippen LogP contribution in [0.1, 0.15) is 30.8 Å². The molecular formula is C27H39N5O5S. The molecule has 3 amide bonds. The van der Waals surface area contributed by atoms with Gasteiger partial charge in [0, 0.05) is 46.3 Å². The number of nitrogens with one attached hydrogen (secondary N) is 1. The first kappa shape index (κ1) is 29.7. The van der Waals surface area contributed by atoms with Crippen molar-refractivity contribution in [3.63, 3.8) is 0 Å². The van der Waals surface area contributed by atoms with E-state index in [2.05, 4.69) is 16.9 Å². The smallest absolute Gasteiger partial charge is 0.245 e. The van der Waals surface area contributed by atoms with Gasteiger partial charge < -0.3 is 25.0 Å². The summed E-state index contributed by atoms with van der Waals surface area (Å²) in [6, 6.07) is -1.52. The van der Waals surface area contributed by atoms with E-state index >= 15 is 0 Å². The molecule has 2 aliphatic heterocycles. The number of β-amino-alcohol motifs (C(OH)–C–C–N with tert-alkyl or cyclic N) is 1. The van der Waals surface area contributed by atoms with E-state index in [1.807, 2.05) is 37.0 Å². The molecule has 3 rings (SSSR count). The Morgan fingerprint density at radius 2 is 2.13 bits per heavy atom. The average molecular weight is 546 g/mol. The predicted octanol–water partition coefficient (Wildman–Crippen LogP) is 1.22. The lowest BCUT2D eigenvalue weighted by Gasteiger charge is -2.38. The number of amides is 3. The van der Waals surface area contributed by atoms with Crippen molar-refractivity contribution in [2.45, 2.75) is 45.4 Å². The summed E-state index contributed by atoms with van der Waals surface area (Å²) in [7, 11) is 1.62. The van der Waals surface area contributed by atoms with Crippen LogP contribution in [0.5, 0.6) is 0 Å².